The first kappa shape index (κ1) is 9.48. The third-order valence-electron chi connectivity index (χ3n) is 2.49. The van der Waals surface area contributed by atoms with Crippen LogP contribution in [0.5, 0.6) is 0 Å². The van der Waals surface area contributed by atoms with E-state index in [-0.39, 0.29) is 6.42 Å². The van der Waals surface area contributed by atoms with Crippen molar-refractivity contribution in [1.29, 1.82) is 0 Å². The van der Waals surface area contributed by atoms with Crippen LogP contribution in [0.25, 0.3) is 0 Å². The van der Waals surface area contributed by atoms with Crippen molar-refractivity contribution in [1.82, 2.24) is 0 Å². The number of rotatable bonds is 3. The second-order valence-corrected chi connectivity index (χ2v) is 3.43. The van der Waals surface area contributed by atoms with Crippen LogP contribution in [-0.2, 0) is 9.63 Å². The third-order valence-corrected chi connectivity index (χ3v) is 2.49. The Bertz CT molecular complexity index is 164. The molecule has 1 saturated carbocycles. The predicted octanol–water partition coefficient (Wildman–Crippen LogP) is 1.05. The van der Waals surface area contributed by atoms with Gasteiger partial charge < -0.3 is 5.11 Å². The van der Waals surface area contributed by atoms with Crippen LogP contribution in [0.15, 0.2) is 0 Å². The molecule has 1 fully saturated rings. The molecule has 1 rings (SSSR count). The average molecular weight is 173 g/mol. The van der Waals surface area contributed by atoms with E-state index in [1.165, 1.54) is 0 Å². The van der Waals surface area contributed by atoms with Crippen molar-refractivity contribution in [2.45, 2.75) is 44.1 Å². The Morgan fingerprint density at radius 1 is 1.42 bits per heavy atom. The van der Waals surface area contributed by atoms with Crippen molar-refractivity contribution in [2.24, 2.45) is 5.90 Å². The molecule has 0 saturated heterocycles. The normalized spacial score (nSPS) is 22.1. The molecule has 0 bridgehead atoms. The summed E-state index contributed by atoms with van der Waals surface area (Å²) < 4.78 is 0. The Morgan fingerprint density at radius 2 is 2.00 bits per heavy atom. The summed E-state index contributed by atoms with van der Waals surface area (Å²) in [7, 11) is 0. The zero-order valence-electron chi connectivity index (χ0n) is 7.08. The van der Waals surface area contributed by atoms with Crippen molar-refractivity contribution >= 4 is 5.97 Å². The van der Waals surface area contributed by atoms with Gasteiger partial charge in [-0.2, -0.15) is 0 Å². The SMILES string of the molecule is NOC1(CC(=O)O)CCCCC1. The zero-order valence-corrected chi connectivity index (χ0v) is 7.08. The number of carbonyl (C=O) groups is 1. The van der Waals surface area contributed by atoms with Gasteiger partial charge in [0.05, 0.1) is 12.0 Å². The molecule has 4 heteroatoms. The molecule has 0 spiro atoms. The molecular weight excluding hydrogens is 158 g/mol. The highest BCUT2D eigenvalue weighted by molar-refractivity contribution is 5.68. The highest BCUT2D eigenvalue weighted by atomic mass is 16.6. The van der Waals surface area contributed by atoms with Crippen LogP contribution >= 0.6 is 0 Å². The summed E-state index contributed by atoms with van der Waals surface area (Å²) in [4.78, 5) is 15.3. The van der Waals surface area contributed by atoms with Crippen molar-refractivity contribution in [2.75, 3.05) is 0 Å². The van der Waals surface area contributed by atoms with Gasteiger partial charge >= 0.3 is 5.97 Å². The van der Waals surface area contributed by atoms with Gasteiger partial charge in [0.2, 0.25) is 0 Å². The second-order valence-electron chi connectivity index (χ2n) is 3.43. The Kier molecular flexibility index (Phi) is 3.05. The van der Waals surface area contributed by atoms with Crippen LogP contribution in [0.4, 0.5) is 0 Å². The minimum Gasteiger partial charge on any atom is -0.481 e. The molecule has 0 aromatic carbocycles. The van der Waals surface area contributed by atoms with E-state index >= 15 is 0 Å². The van der Waals surface area contributed by atoms with Crippen molar-refractivity contribution < 1.29 is 14.7 Å². The number of hydrogen-bond acceptors (Lipinski definition) is 3. The smallest absolute Gasteiger partial charge is 0.306 e. The minimum atomic E-state index is -0.831. The average Bonchev–Trinajstić information content (AvgIpc) is 2.05. The van der Waals surface area contributed by atoms with E-state index in [0.717, 1.165) is 32.1 Å². The second kappa shape index (κ2) is 3.87. The maximum atomic E-state index is 10.5. The molecule has 0 atom stereocenters. The fraction of sp³-hybridized carbons (Fsp3) is 0.875. The Balaban J connectivity index is 2.53. The molecule has 0 aliphatic heterocycles. The van der Waals surface area contributed by atoms with Crippen LogP contribution in [0.1, 0.15) is 38.5 Å². The van der Waals surface area contributed by atoms with Gasteiger partial charge in [0.1, 0.15) is 0 Å². The lowest BCUT2D eigenvalue weighted by Gasteiger charge is -2.33. The Morgan fingerprint density at radius 3 is 2.42 bits per heavy atom. The van der Waals surface area contributed by atoms with E-state index in [2.05, 4.69) is 0 Å². The number of carboxylic acid groups (broad SMARTS) is 1. The van der Waals surface area contributed by atoms with Crippen molar-refractivity contribution in [3.63, 3.8) is 0 Å². The fourth-order valence-electron chi connectivity index (χ4n) is 1.81. The van der Waals surface area contributed by atoms with Crippen LogP contribution < -0.4 is 5.90 Å². The lowest BCUT2D eigenvalue weighted by atomic mass is 9.82. The van der Waals surface area contributed by atoms with Gasteiger partial charge in [-0.1, -0.05) is 19.3 Å². The molecular formula is C8H15NO3. The maximum Gasteiger partial charge on any atom is 0.306 e. The lowest BCUT2D eigenvalue weighted by molar-refractivity contribution is -0.149. The van der Waals surface area contributed by atoms with Gasteiger partial charge in [-0.25, -0.2) is 5.90 Å². The Labute approximate surface area is 71.7 Å². The molecule has 0 heterocycles. The molecule has 12 heavy (non-hydrogen) atoms. The molecule has 70 valence electrons. The van der Waals surface area contributed by atoms with Crippen molar-refractivity contribution in [3.8, 4) is 0 Å². The number of hydrogen-bond donors (Lipinski definition) is 2. The van der Waals surface area contributed by atoms with E-state index in [0.29, 0.717) is 0 Å². The molecule has 0 unspecified atom stereocenters. The highest BCUT2D eigenvalue weighted by Gasteiger charge is 2.35. The molecule has 0 aromatic heterocycles. The number of aliphatic carboxylic acids is 1. The summed E-state index contributed by atoms with van der Waals surface area (Å²) in [5, 5.41) is 8.63. The predicted molar refractivity (Wildman–Crippen MR) is 43.3 cm³/mol. The Hall–Kier alpha value is -0.610. The minimum absolute atomic E-state index is 0.0312. The lowest BCUT2D eigenvalue weighted by Crippen LogP contribution is -2.39. The first-order chi connectivity index (χ1) is 5.68. The van der Waals surface area contributed by atoms with E-state index in [1.807, 2.05) is 0 Å². The van der Waals surface area contributed by atoms with E-state index < -0.39 is 11.6 Å². The van der Waals surface area contributed by atoms with Crippen LogP contribution in [0.2, 0.25) is 0 Å². The van der Waals surface area contributed by atoms with Gasteiger partial charge in [-0.05, 0) is 12.8 Å². The van der Waals surface area contributed by atoms with Gasteiger partial charge in [0, 0.05) is 0 Å². The van der Waals surface area contributed by atoms with E-state index in [9.17, 15) is 4.79 Å². The quantitative estimate of drug-likeness (QED) is 0.626. The summed E-state index contributed by atoms with van der Waals surface area (Å²) >= 11 is 0. The maximum absolute atomic E-state index is 10.5. The molecule has 0 amide bonds. The summed E-state index contributed by atoms with van der Waals surface area (Å²) in [6, 6.07) is 0. The highest BCUT2D eigenvalue weighted by Crippen LogP contribution is 2.33. The van der Waals surface area contributed by atoms with Gasteiger partial charge in [0.25, 0.3) is 0 Å². The van der Waals surface area contributed by atoms with E-state index in [1.54, 1.807) is 0 Å². The molecule has 1 aliphatic carbocycles. The van der Waals surface area contributed by atoms with E-state index in [4.69, 9.17) is 15.8 Å². The fourth-order valence-corrected chi connectivity index (χ4v) is 1.81. The summed E-state index contributed by atoms with van der Waals surface area (Å²) in [6.45, 7) is 0. The molecule has 4 nitrogen and oxygen atoms in total. The van der Waals surface area contributed by atoms with Crippen LogP contribution in [0, 0.1) is 0 Å². The first-order valence-corrected chi connectivity index (χ1v) is 4.28. The summed E-state index contributed by atoms with van der Waals surface area (Å²) in [6.07, 6.45) is 4.77. The van der Waals surface area contributed by atoms with Gasteiger partial charge in [-0.15, -0.1) is 0 Å². The summed E-state index contributed by atoms with van der Waals surface area (Å²) in [5.74, 6) is 4.29. The van der Waals surface area contributed by atoms with Gasteiger partial charge in [-0.3, -0.25) is 9.63 Å². The summed E-state index contributed by atoms with van der Waals surface area (Å²) in [5.41, 5.74) is -0.579. The zero-order chi connectivity index (χ0) is 9.03. The molecule has 0 radical (unpaired) electrons. The number of carboxylic acids is 1. The van der Waals surface area contributed by atoms with Crippen LogP contribution in [-0.4, -0.2) is 16.7 Å². The topological polar surface area (TPSA) is 72.5 Å². The van der Waals surface area contributed by atoms with Crippen molar-refractivity contribution in [3.05, 3.63) is 0 Å². The molecule has 3 N–H and O–H groups in total. The largest absolute Gasteiger partial charge is 0.481 e. The first-order valence-electron chi connectivity index (χ1n) is 4.28. The standard InChI is InChI=1S/C8H15NO3/c9-12-8(6-7(10)11)4-2-1-3-5-8/h1-6,9H2,(H,10,11). The molecule has 0 aromatic rings. The van der Waals surface area contributed by atoms with Crippen LogP contribution in [0.3, 0.4) is 0 Å². The monoisotopic (exact) mass is 173 g/mol. The third kappa shape index (κ3) is 2.19. The van der Waals surface area contributed by atoms with Gasteiger partial charge in [0.15, 0.2) is 0 Å². The molecule has 1 aliphatic rings. The number of nitrogens with two attached hydrogens (primary N) is 1.